The molecule has 1 aromatic heterocycles. The highest BCUT2D eigenvalue weighted by Gasteiger charge is 2.48. The zero-order valence-corrected chi connectivity index (χ0v) is 24.0. The number of piperidine rings is 1. The molecular weight excluding hydrogens is 504 g/mol. The van der Waals surface area contributed by atoms with Gasteiger partial charge in [-0.15, -0.1) is 0 Å². The monoisotopic (exact) mass is 542 g/mol. The lowest BCUT2D eigenvalue weighted by Crippen LogP contribution is -2.30. The third-order valence-electron chi connectivity index (χ3n) is 7.69. The molecule has 2 fully saturated rings. The van der Waals surface area contributed by atoms with Crippen LogP contribution in [0.4, 0.5) is 11.4 Å². The summed E-state index contributed by atoms with van der Waals surface area (Å²) < 4.78 is 11.8. The Hall–Kier alpha value is -4.00. The highest BCUT2D eigenvalue weighted by Crippen LogP contribution is 2.44. The number of furan rings is 1. The number of hydrogen-bond acceptors (Lipinski definition) is 6. The second-order valence-electron chi connectivity index (χ2n) is 11.6. The van der Waals surface area contributed by atoms with Gasteiger partial charge in [-0.2, -0.15) is 0 Å². The maximum absolute atomic E-state index is 13.6. The van der Waals surface area contributed by atoms with Crippen LogP contribution in [0.1, 0.15) is 75.6 Å². The maximum atomic E-state index is 13.6. The fourth-order valence-electron chi connectivity index (χ4n) is 5.64. The Morgan fingerprint density at radius 2 is 1.65 bits per heavy atom. The molecule has 0 spiro atoms. The van der Waals surface area contributed by atoms with E-state index in [4.69, 9.17) is 9.15 Å². The van der Waals surface area contributed by atoms with Gasteiger partial charge < -0.3 is 19.2 Å². The van der Waals surface area contributed by atoms with Crippen LogP contribution in [0, 0.1) is 6.92 Å². The van der Waals surface area contributed by atoms with E-state index in [-0.39, 0.29) is 16.7 Å². The van der Waals surface area contributed by atoms with Crippen LogP contribution in [0.5, 0.6) is 5.75 Å². The molecule has 0 radical (unpaired) electrons. The molecule has 2 aliphatic rings. The maximum Gasteiger partial charge on any atom is 0.300 e. The van der Waals surface area contributed by atoms with Crippen molar-refractivity contribution in [1.29, 1.82) is 0 Å². The van der Waals surface area contributed by atoms with Crippen LogP contribution >= 0.6 is 0 Å². The molecule has 1 atom stereocenters. The van der Waals surface area contributed by atoms with E-state index in [0.717, 1.165) is 42.9 Å². The molecule has 2 aromatic carbocycles. The molecule has 1 N–H and O–H groups in total. The predicted octanol–water partition coefficient (Wildman–Crippen LogP) is 6.90. The molecule has 1 unspecified atom stereocenters. The van der Waals surface area contributed by atoms with Gasteiger partial charge >= 0.3 is 0 Å². The number of aryl methyl sites for hydroxylation is 1. The first-order chi connectivity index (χ1) is 19.1. The van der Waals surface area contributed by atoms with Crippen molar-refractivity contribution < 1.29 is 23.8 Å². The van der Waals surface area contributed by atoms with E-state index in [2.05, 4.69) is 25.7 Å². The number of nitrogens with zero attached hydrogens (tertiary/aromatic N) is 2. The SMILES string of the molecule is CCOc1ccc(/C(O)=C2/C(=O)C(=O)N(c3ccc(N4CCCCC4)cc3)C2c2ccc(C)o2)cc1C(C)(C)C. The van der Waals surface area contributed by atoms with Crippen LogP contribution in [-0.2, 0) is 15.0 Å². The molecule has 2 aliphatic heterocycles. The molecule has 7 nitrogen and oxygen atoms in total. The van der Waals surface area contributed by atoms with Crippen LogP contribution in [-0.4, -0.2) is 36.5 Å². The summed E-state index contributed by atoms with van der Waals surface area (Å²) in [5, 5.41) is 11.6. The molecule has 0 aliphatic carbocycles. The predicted molar refractivity (Wildman–Crippen MR) is 157 cm³/mol. The third-order valence-corrected chi connectivity index (χ3v) is 7.69. The minimum Gasteiger partial charge on any atom is -0.507 e. The second kappa shape index (κ2) is 10.9. The average molecular weight is 543 g/mol. The number of anilines is 2. The van der Waals surface area contributed by atoms with Gasteiger partial charge in [0, 0.05) is 35.6 Å². The minimum absolute atomic E-state index is 0.00322. The number of aliphatic hydroxyl groups excluding tert-OH is 1. The number of benzene rings is 2. The Labute approximate surface area is 236 Å². The summed E-state index contributed by atoms with van der Waals surface area (Å²) in [5.41, 5.74) is 2.73. The first kappa shape index (κ1) is 27.6. The number of ketones is 1. The highest BCUT2D eigenvalue weighted by atomic mass is 16.5. The van der Waals surface area contributed by atoms with Crippen LogP contribution in [0.15, 0.2) is 64.6 Å². The lowest BCUT2D eigenvalue weighted by atomic mass is 9.84. The van der Waals surface area contributed by atoms with E-state index in [1.165, 1.54) is 11.3 Å². The van der Waals surface area contributed by atoms with Crippen molar-refractivity contribution in [2.45, 2.75) is 65.3 Å². The molecule has 0 saturated carbocycles. The van der Waals surface area contributed by atoms with Gasteiger partial charge in [0.05, 0.1) is 12.2 Å². The first-order valence-electron chi connectivity index (χ1n) is 14.1. The van der Waals surface area contributed by atoms with Crippen molar-refractivity contribution in [3.63, 3.8) is 0 Å². The van der Waals surface area contributed by atoms with Crippen molar-refractivity contribution in [1.82, 2.24) is 0 Å². The molecule has 7 heteroatoms. The summed E-state index contributed by atoms with van der Waals surface area (Å²) in [5.74, 6) is 0.103. The standard InChI is InChI=1S/C33H38N2O5/c1-6-39-26-17-11-22(20-25(26)33(3,4)5)30(36)28-29(27-16-10-21(2)40-27)35(32(38)31(28)37)24-14-12-23(13-15-24)34-18-8-7-9-19-34/h10-17,20,29,36H,6-9,18-19H2,1-5H3/b30-28-. The highest BCUT2D eigenvalue weighted by molar-refractivity contribution is 6.51. The number of Topliss-reactive ketones (excluding diaryl/α,β-unsaturated/α-hetero) is 1. The molecule has 210 valence electrons. The van der Waals surface area contributed by atoms with Gasteiger partial charge in [-0.1, -0.05) is 20.8 Å². The summed E-state index contributed by atoms with van der Waals surface area (Å²) in [6.07, 6.45) is 3.57. The summed E-state index contributed by atoms with van der Waals surface area (Å²) >= 11 is 0. The molecule has 3 aromatic rings. The fraction of sp³-hybridized carbons (Fsp3) is 0.394. The van der Waals surface area contributed by atoms with Crippen molar-refractivity contribution in [3.05, 3.63) is 82.8 Å². The molecule has 2 saturated heterocycles. The van der Waals surface area contributed by atoms with Gasteiger partial charge in [0.1, 0.15) is 29.1 Å². The Kier molecular flexibility index (Phi) is 7.49. The summed E-state index contributed by atoms with van der Waals surface area (Å²) in [6.45, 7) is 12.4. The van der Waals surface area contributed by atoms with Crippen molar-refractivity contribution in [2.24, 2.45) is 0 Å². The zero-order valence-electron chi connectivity index (χ0n) is 24.0. The Balaban J connectivity index is 1.61. The lowest BCUT2D eigenvalue weighted by molar-refractivity contribution is -0.132. The molecule has 40 heavy (non-hydrogen) atoms. The van der Waals surface area contributed by atoms with Crippen LogP contribution in [0.25, 0.3) is 5.76 Å². The lowest BCUT2D eigenvalue weighted by Gasteiger charge is -2.29. The third kappa shape index (κ3) is 5.12. The van der Waals surface area contributed by atoms with Gasteiger partial charge in [-0.05, 0) is 93.1 Å². The molecule has 0 bridgehead atoms. The van der Waals surface area contributed by atoms with E-state index in [0.29, 0.717) is 29.4 Å². The van der Waals surface area contributed by atoms with Gasteiger partial charge in [-0.3, -0.25) is 14.5 Å². The minimum atomic E-state index is -0.904. The van der Waals surface area contributed by atoms with E-state index in [9.17, 15) is 14.7 Å². The Morgan fingerprint density at radius 1 is 0.975 bits per heavy atom. The van der Waals surface area contributed by atoms with Crippen LogP contribution in [0.2, 0.25) is 0 Å². The largest absolute Gasteiger partial charge is 0.507 e. The van der Waals surface area contributed by atoms with Crippen molar-refractivity contribution >= 4 is 28.8 Å². The number of carbonyl (C=O) groups is 2. The number of carbonyl (C=O) groups excluding carboxylic acids is 2. The zero-order chi connectivity index (χ0) is 28.6. The number of amides is 1. The second-order valence-corrected chi connectivity index (χ2v) is 11.6. The van der Waals surface area contributed by atoms with E-state index in [1.54, 1.807) is 24.3 Å². The normalized spacial score (nSPS) is 19.4. The van der Waals surface area contributed by atoms with Gasteiger partial charge in [0.15, 0.2) is 0 Å². The molecule has 3 heterocycles. The summed E-state index contributed by atoms with van der Waals surface area (Å²) in [7, 11) is 0. The van der Waals surface area contributed by atoms with Crippen molar-refractivity contribution in [2.75, 3.05) is 29.5 Å². The van der Waals surface area contributed by atoms with E-state index < -0.39 is 17.7 Å². The molecule has 1 amide bonds. The topological polar surface area (TPSA) is 83.2 Å². The van der Waals surface area contributed by atoms with Crippen LogP contribution in [0.3, 0.4) is 0 Å². The van der Waals surface area contributed by atoms with E-state index in [1.807, 2.05) is 44.2 Å². The smallest absolute Gasteiger partial charge is 0.300 e. The van der Waals surface area contributed by atoms with Crippen molar-refractivity contribution in [3.8, 4) is 5.75 Å². The average Bonchev–Trinajstić information content (AvgIpc) is 3.49. The molecule has 5 rings (SSSR count). The first-order valence-corrected chi connectivity index (χ1v) is 14.1. The Bertz CT molecular complexity index is 1440. The van der Waals surface area contributed by atoms with Gasteiger partial charge in [0.25, 0.3) is 11.7 Å². The Morgan fingerprint density at radius 3 is 2.25 bits per heavy atom. The molecular formula is C33H38N2O5. The number of ether oxygens (including phenoxy) is 1. The number of aliphatic hydroxyl groups is 1. The quantitative estimate of drug-likeness (QED) is 0.207. The van der Waals surface area contributed by atoms with Gasteiger partial charge in [-0.25, -0.2) is 0 Å². The van der Waals surface area contributed by atoms with Gasteiger partial charge in [0.2, 0.25) is 0 Å². The summed E-state index contributed by atoms with van der Waals surface area (Å²) in [6, 6.07) is 15.7. The number of rotatable bonds is 6. The van der Waals surface area contributed by atoms with E-state index >= 15 is 0 Å². The fourth-order valence-corrected chi connectivity index (χ4v) is 5.64. The summed E-state index contributed by atoms with van der Waals surface area (Å²) in [4.78, 5) is 30.9. The van der Waals surface area contributed by atoms with Crippen LogP contribution < -0.4 is 14.5 Å². The number of hydrogen-bond donors (Lipinski definition) is 1.